The van der Waals surface area contributed by atoms with Crippen LogP contribution in [0.25, 0.3) is 0 Å². The van der Waals surface area contributed by atoms with E-state index in [1.807, 2.05) is 18.2 Å². The maximum absolute atomic E-state index is 10.8. The third-order valence-electron chi connectivity index (χ3n) is 3.00. The Morgan fingerprint density at radius 1 is 1.29 bits per heavy atom. The van der Waals surface area contributed by atoms with E-state index in [2.05, 4.69) is 31.8 Å². The zero-order chi connectivity index (χ0) is 15.3. The number of H-pyrrole nitrogens is 1. The molecule has 0 aliphatic heterocycles. The molecule has 114 valence electrons. The van der Waals surface area contributed by atoms with Gasteiger partial charge >= 0.3 is 5.76 Å². The predicted molar refractivity (Wildman–Crippen MR) is 86.1 cm³/mol. The van der Waals surface area contributed by atoms with Crippen molar-refractivity contribution in [3.05, 3.63) is 52.3 Å². The molecular weight excluding hydrogens is 286 g/mol. The zero-order valence-electron chi connectivity index (χ0n) is 12.6. The summed E-state index contributed by atoms with van der Waals surface area (Å²) in [7, 11) is 0. The lowest BCUT2D eigenvalue weighted by Gasteiger charge is -2.22. The Morgan fingerprint density at radius 3 is 2.71 bits per heavy atom. The molecule has 1 aromatic carbocycles. The van der Waals surface area contributed by atoms with Gasteiger partial charge in [-0.1, -0.05) is 39.0 Å². The lowest BCUT2D eigenvalue weighted by atomic mass is 9.86. The number of hydrogen-bond acceptors (Lipinski definition) is 4. The van der Waals surface area contributed by atoms with E-state index >= 15 is 0 Å². The van der Waals surface area contributed by atoms with Gasteiger partial charge in [0.25, 0.3) is 0 Å². The Labute approximate surface area is 128 Å². The van der Waals surface area contributed by atoms with Crippen molar-refractivity contribution in [2.75, 3.05) is 12.4 Å². The Hall–Kier alpha value is -1.62. The van der Waals surface area contributed by atoms with Crippen LogP contribution in [0.3, 0.4) is 0 Å². The maximum Gasteiger partial charge on any atom is 0.416 e. The first-order valence-corrected chi connectivity index (χ1v) is 8.10. The molecule has 21 heavy (non-hydrogen) atoms. The minimum absolute atomic E-state index is 0.0677. The van der Waals surface area contributed by atoms with Crippen molar-refractivity contribution >= 4 is 11.8 Å². The van der Waals surface area contributed by atoms with Crippen LogP contribution < -0.4 is 10.5 Å². The average Bonchev–Trinajstić information content (AvgIpc) is 2.83. The molecule has 1 N–H and O–H groups in total. The molecule has 0 saturated carbocycles. The van der Waals surface area contributed by atoms with Crippen LogP contribution in [0.1, 0.15) is 32.1 Å². The highest BCUT2D eigenvalue weighted by atomic mass is 32.2. The summed E-state index contributed by atoms with van der Waals surface area (Å²) >= 11 is 1.67. The molecule has 0 spiro atoms. The molecule has 0 saturated heterocycles. The molecule has 5 heteroatoms. The second-order valence-corrected chi connectivity index (χ2v) is 6.90. The monoisotopic (exact) mass is 307 g/mol. The van der Waals surface area contributed by atoms with Gasteiger partial charge in [-0.25, -0.2) is 4.79 Å². The molecular formula is C16H21NO3S. The van der Waals surface area contributed by atoms with Crippen molar-refractivity contribution in [1.82, 2.24) is 4.98 Å². The van der Waals surface area contributed by atoms with Crippen LogP contribution in [0, 0.1) is 0 Å². The zero-order valence-corrected chi connectivity index (χ0v) is 13.5. The van der Waals surface area contributed by atoms with E-state index in [0.29, 0.717) is 18.1 Å². The van der Waals surface area contributed by atoms with Gasteiger partial charge in [0.05, 0.1) is 12.4 Å². The number of ether oxygens (including phenoxy) is 1. The molecule has 0 unspecified atom stereocenters. The Morgan fingerprint density at radius 2 is 2.05 bits per heavy atom. The number of thioether (sulfide) groups is 1. The maximum atomic E-state index is 10.8. The normalized spacial score (nSPS) is 11.6. The van der Waals surface area contributed by atoms with Crippen LogP contribution in [0.15, 0.2) is 39.7 Å². The average molecular weight is 307 g/mol. The first-order chi connectivity index (χ1) is 9.97. The van der Waals surface area contributed by atoms with Crippen molar-refractivity contribution in [3.8, 4) is 5.75 Å². The summed E-state index contributed by atoms with van der Waals surface area (Å²) in [5.41, 5.74) is 1.28. The Balaban J connectivity index is 1.80. The molecule has 2 aromatic rings. The van der Waals surface area contributed by atoms with Crippen LogP contribution in [-0.2, 0) is 11.2 Å². The summed E-state index contributed by atoms with van der Waals surface area (Å²) in [5, 5.41) is 0. The number of hydrogen-bond donors (Lipinski definition) is 1. The highest BCUT2D eigenvalue weighted by molar-refractivity contribution is 7.98. The van der Waals surface area contributed by atoms with Crippen LogP contribution >= 0.6 is 11.8 Å². The molecule has 0 bridgehead atoms. The highest BCUT2D eigenvalue weighted by Gasteiger charge is 2.18. The molecule has 2 rings (SSSR count). The number of aromatic amines is 1. The van der Waals surface area contributed by atoms with Gasteiger partial charge in [0.2, 0.25) is 0 Å². The topological polar surface area (TPSA) is 55.2 Å². The van der Waals surface area contributed by atoms with Crippen LogP contribution in [0.2, 0.25) is 0 Å². The van der Waals surface area contributed by atoms with Crippen molar-refractivity contribution in [1.29, 1.82) is 0 Å². The van der Waals surface area contributed by atoms with Crippen molar-refractivity contribution in [3.63, 3.8) is 0 Å². The van der Waals surface area contributed by atoms with E-state index in [1.54, 1.807) is 18.0 Å². The van der Waals surface area contributed by atoms with Gasteiger partial charge in [-0.2, -0.15) is 11.8 Å². The van der Waals surface area contributed by atoms with Gasteiger partial charge in [-0.15, -0.1) is 0 Å². The number of para-hydroxylation sites is 1. The summed E-state index contributed by atoms with van der Waals surface area (Å²) in [6.07, 6.45) is 1.60. The van der Waals surface area contributed by atoms with E-state index in [-0.39, 0.29) is 5.41 Å². The minimum Gasteiger partial charge on any atom is -0.492 e. The lowest BCUT2D eigenvalue weighted by Crippen LogP contribution is -2.14. The third kappa shape index (κ3) is 4.70. The molecule has 0 aliphatic rings. The molecule has 0 atom stereocenters. The van der Waals surface area contributed by atoms with E-state index in [9.17, 15) is 4.79 Å². The molecule has 0 aliphatic carbocycles. The van der Waals surface area contributed by atoms with E-state index in [1.165, 1.54) is 5.56 Å². The van der Waals surface area contributed by atoms with Crippen LogP contribution in [-0.4, -0.2) is 17.3 Å². The third-order valence-corrected chi connectivity index (χ3v) is 3.94. The molecule has 4 nitrogen and oxygen atoms in total. The summed E-state index contributed by atoms with van der Waals surface area (Å²) in [6, 6.07) is 8.15. The van der Waals surface area contributed by atoms with Crippen molar-refractivity contribution in [2.45, 2.75) is 31.9 Å². The Bertz CT molecular complexity index is 625. The van der Waals surface area contributed by atoms with E-state index < -0.39 is 5.76 Å². The smallest absolute Gasteiger partial charge is 0.416 e. The quantitative estimate of drug-likeness (QED) is 0.829. The second kappa shape index (κ2) is 6.89. The van der Waals surface area contributed by atoms with Crippen molar-refractivity contribution < 1.29 is 9.15 Å². The molecule has 0 radical (unpaired) electrons. The van der Waals surface area contributed by atoms with Gasteiger partial charge in [0.15, 0.2) is 0 Å². The number of aromatic nitrogens is 1. The summed E-state index contributed by atoms with van der Waals surface area (Å²) in [4.78, 5) is 13.3. The molecule has 0 fully saturated rings. The van der Waals surface area contributed by atoms with Gasteiger partial charge in [-0.05, 0) is 17.0 Å². The van der Waals surface area contributed by atoms with Crippen LogP contribution in [0.5, 0.6) is 5.75 Å². The fourth-order valence-corrected chi connectivity index (χ4v) is 2.67. The fraction of sp³-hybridized carbons (Fsp3) is 0.438. The van der Waals surface area contributed by atoms with E-state index in [4.69, 9.17) is 9.15 Å². The second-order valence-electron chi connectivity index (χ2n) is 5.79. The first kappa shape index (κ1) is 15.8. The van der Waals surface area contributed by atoms with Gasteiger partial charge in [-0.3, -0.25) is 4.98 Å². The highest BCUT2D eigenvalue weighted by Crippen LogP contribution is 2.30. The predicted octanol–water partition coefficient (Wildman–Crippen LogP) is 3.58. The lowest BCUT2D eigenvalue weighted by molar-refractivity contribution is 0.333. The SMILES string of the molecule is CC(C)(C)c1ccccc1OCCSCc1c[nH]c(=O)o1. The molecule has 1 heterocycles. The van der Waals surface area contributed by atoms with E-state index in [0.717, 1.165) is 11.5 Å². The number of nitrogens with one attached hydrogen (secondary N) is 1. The van der Waals surface area contributed by atoms with Gasteiger partial charge in [0.1, 0.15) is 11.5 Å². The van der Waals surface area contributed by atoms with Gasteiger partial charge < -0.3 is 9.15 Å². The largest absolute Gasteiger partial charge is 0.492 e. The fourth-order valence-electron chi connectivity index (χ4n) is 1.98. The van der Waals surface area contributed by atoms with Gasteiger partial charge in [0, 0.05) is 11.9 Å². The number of benzene rings is 1. The summed E-state index contributed by atoms with van der Waals surface area (Å²) < 4.78 is 10.8. The number of rotatable bonds is 6. The standard InChI is InChI=1S/C16H21NO3S/c1-16(2,3)13-6-4-5-7-14(13)19-8-9-21-11-12-10-17-15(18)20-12/h4-7,10H,8-9,11H2,1-3H3,(H,17,18). The number of oxazole rings is 1. The van der Waals surface area contributed by atoms with Crippen molar-refractivity contribution in [2.24, 2.45) is 0 Å². The minimum atomic E-state index is -0.402. The first-order valence-electron chi connectivity index (χ1n) is 6.94. The summed E-state index contributed by atoms with van der Waals surface area (Å²) in [6.45, 7) is 7.17. The summed E-state index contributed by atoms with van der Waals surface area (Å²) in [5.74, 6) is 2.72. The molecule has 1 aromatic heterocycles. The van der Waals surface area contributed by atoms with Crippen LogP contribution in [0.4, 0.5) is 0 Å². The Kier molecular flexibility index (Phi) is 5.17. The molecule has 0 amide bonds.